The normalized spacial score (nSPS) is 17.5. The highest BCUT2D eigenvalue weighted by molar-refractivity contribution is 5.94. The third kappa shape index (κ3) is 3.58. The van der Waals surface area contributed by atoms with Crippen molar-refractivity contribution in [3.05, 3.63) is 39.9 Å². The van der Waals surface area contributed by atoms with Crippen molar-refractivity contribution in [1.82, 2.24) is 9.80 Å². The summed E-state index contributed by atoms with van der Waals surface area (Å²) in [5.74, 6) is -0.0475. The van der Waals surface area contributed by atoms with Crippen molar-refractivity contribution in [2.75, 3.05) is 26.2 Å². The summed E-state index contributed by atoms with van der Waals surface area (Å²) in [6, 6.07) is 6.36. The molecule has 6 heteroatoms. The summed E-state index contributed by atoms with van der Waals surface area (Å²) < 4.78 is 0. The van der Waals surface area contributed by atoms with Crippen LogP contribution in [0.4, 0.5) is 5.69 Å². The van der Waals surface area contributed by atoms with E-state index in [0.717, 1.165) is 19.5 Å². The first-order valence-electron chi connectivity index (χ1n) is 7.30. The lowest BCUT2D eigenvalue weighted by Gasteiger charge is -2.37. The van der Waals surface area contributed by atoms with Crippen molar-refractivity contribution >= 4 is 11.6 Å². The molecule has 6 nitrogen and oxygen atoms in total. The van der Waals surface area contributed by atoms with Gasteiger partial charge in [0.05, 0.1) is 4.92 Å². The number of nitrogens with zero attached hydrogens (tertiary/aromatic N) is 3. The number of carbonyl (C=O) groups is 1. The van der Waals surface area contributed by atoms with Crippen LogP contribution in [0.5, 0.6) is 0 Å². The van der Waals surface area contributed by atoms with Gasteiger partial charge in [-0.1, -0.05) is 6.92 Å². The fraction of sp³-hybridized carbons (Fsp3) is 0.533. The number of carbonyl (C=O) groups excluding carboxylic acids is 1. The molecule has 21 heavy (non-hydrogen) atoms. The molecule has 0 unspecified atom stereocenters. The number of nitro groups is 1. The molecule has 1 aliphatic rings. The van der Waals surface area contributed by atoms with Crippen molar-refractivity contribution in [3.8, 4) is 0 Å². The summed E-state index contributed by atoms with van der Waals surface area (Å²) in [7, 11) is 0. The molecule has 1 atom stereocenters. The van der Waals surface area contributed by atoms with Crippen molar-refractivity contribution in [2.45, 2.75) is 26.3 Å². The van der Waals surface area contributed by atoms with Crippen LogP contribution in [0.2, 0.25) is 0 Å². The number of non-ortho nitro benzene ring substituents is 1. The summed E-state index contributed by atoms with van der Waals surface area (Å²) in [6.45, 7) is 7.55. The van der Waals surface area contributed by atoms with E-state index in [9.17, 15) is 14.9 Å². The maximum atomic E-state index is 12.4. The number of nitro benzene ring substituents is 1. The van der Waals surface area contributed by atoms with Gasteiger partial charge in [-0.2, -0.15) is 0 Å². The van der Waals surface area contributed by atoms with Gasteiger partial charge in [0, 0.05) is 49.9 Å². The van der Waals surface area contributed by atoms with Gasteiger partial charge >= 0.3 is 0 Å². The Kier molecular flexibility index (Phi) is 4.90. The number of hydrogen-bond donors (Lipinski definition) is 0. The first kappa shape index (κ1) is 15.4. The van der Waals surface area contributed by atoms with Gasteiger partial charge in [0.25, 0.3) is 11.6 Å². The number of rotatable bonds is 4. The molecule has 2 rings (SSSR count). The second-order valence-corrected chi connectivity index (χ2v) is 5.39. The predicted molar refractivity (Wildman–Crippen MR) is 80.3 cm³/mol. The molecule has 1 aromatic carbocycles. The second kappa shape index (κ2) is 6.67. The van der Waals surface area contributed by atoms with Gasteiger partial charge in [-0.05, 0) is 25.5 Å². The molecular weight excluding hydrogens is 270 g/mol. The summed E-state index contributed by atoms with van der Waals surface area (Å²) >= 11 is 0. The topological polar surface area (TPSA) is 66.7 Å². The van der Waals surface area contributed by atoms with E-state index in [1.807, 2.05) is 4.90 Å². The minimum atomic E-state index is -0.459. The smallest absolute Gasteiger partial charge is 0.269 e. The van der Waals surface area contributed by atoms with Gasteiger partial charge in [-0.3, -0.25) is 19.8 Å². The van der Waals surface area contributed by atoms with Gasteiger partial charge in [-0.25, -0.2) is 0 Å². The average Bonchev–Trinajstić information content (AvgIpc) is 2.53. The van der Waals surface area contributed by atoms with E-state index in [4.69, 9.17) is 0 Å². The third-order valence-corrected chi connectivity index (χ3v) is 4.14. The summed E-state index contributed by atoms with van der Waals surface area (Å²) in [6.07, 6.45) is 1.11. The molecule has 1 fully saturated rings. The standard InChI is InChI=1S/C15H21N3O3/c1-3-12(2)16-8-10-17(11-9-16)15(19)13-4-6-14(7-5-13)18(20)21/h4-7,12H,3,8-11H2,1-2H3/t12-/m1/s1. The zero-order valence-corrected chi connectivity index (χ0v) is 12.5. The summed E-state index contributed by atoms with van der Waals surface area (Å²) in [5, 5.41) is 10.6. The van der Waals surface area contributed by atoms with Crippen LogP contribution < -0.4 is 0 Å². The number of benzene rings is 1. The van der Waals surface area contributed by atoms with E-state index in [-0.39, 0.29) is 11.6 Å². The molecule has 1 amide bonds. The lowest BCUT2D eigenvalue weighted by molar-refractivity contribution is -0.384. The minimum Gasteiger partial charge on any atom is -0.336 e. The Bertz CT molecular complexity index is 507. The van der Waals surface area contributed by atoms with Crippen LogP contribution in [-0.2, 0) is 0 Å². The van der Waals surface area contributed by atoms with E-state index in [1.54, 1.807) is 0 Å². The Morgan fingerprint density at radius 1 is 1.24 bits per heavy atom. The Morgan fingerprint density at radius 2 is 1.81 bits per heavy atom. The van der Waals surface area contributed by atoms with E-state index < -0.39 is 4.92 Å². The van der Waals surface area contributed by atoms with E-state index in [2.05, 4.69) is 18.7 Å². The fourth-order valence-corrected chi connectivity index (χ4v) is 2.53. The van der Waals surface area contributed by atoms with Crippen molar-refractivity contribution in [1.29, 1.82) is 0 Å². The van der Waals surface area contributed by atoms with Gasteiger partial charge in [0.1, 0.15) is 0 Å². The Morgan fingerprint density at radius 3 is 2.29 bits per heavy atom. The largest absolute Gasteiger partial charge is 0.336 e. The van der Waals surface area contributed by atoms with E-state index in [0.29, 0.717) is 24.7 Å². The molecule has 1 heterocycles. The first-order valence-corrected chi connectivity index (χ1v) is 7.30. The minimum absolute atomic E-state index is 0.00754. The molecule has 1 aromatic rings. The zero-order chi connectivity index (χ0) is 15.4. The molecule has 1 aliphatic heterocycles. The lowest BCUT2D eigenvalue weighted by Crippen LogP contribution is -2.51. The maximum Gasteiger partial charge on any atom is 0.269 e. The van der Waals surface area contributed by atoms with Crippen molar-refractivity contribution in [2.24, 2.45) is 0 Å². The lowest BCUT2D eigenvalue weighted by atomic mass is 10.1. The first-order chi connectivity index (χ1) is 10.0. The monoisotopic (exact) mass is 291 g/mol. The second-order valence-electron chi connectivity index (χ2n) is 5.39. The molecule has 114 valence electrons. The Labute approximate surface area is 124 Å². The Hall–Kier alpha value is -1.95. The number of hydrogen-bond acceptors (Lipinski definition) is 4. The highest BCUT2D eigenvalue weighted by atomic mass is 16.6. The average molecular weight is 291 g/mol. The number of piperazine rings is 1. The summed E-state index contributed by atoms with van der Waals surface area (Å²) in [4.78, 5) is 26.7. The van der Waals surface area contributed by atoms with Crippen LogP contribution in [0.15, 0.2) is 24.3 Å². The maximum absolute atomic E-state index is 12.4. The molecule has 0 spiro atoms. The van der Waals surface area contributed by atoms with E-state index >= 15 is 0 Å². The summed E-state index contributed by atoms with van der Waals surface area (Å²) in [5.41, 5.74) is 0.519. The van der Waals surface area contributed by atoms with Crippen LogP contribution in [0, 0.1) is 10.1 Å². The van der Waals surface area contributed by atoms with Gasteiger partial charge in [0.15, 0.2) is 0 Å². The Balaban J connectivity index is 1.97. The van der Waals surface area contributed by atoms with Gasteiger partial charge in [-0.15, -0.1) is 0 Å². The molecule has 0 radical (unpaired) electrons. The molecule has 0 aliphatic carbocycles. The van der Waals surface area contributed by atoms with Crippen LogP contribution in [-0.4, -0.2) is 52.9 Å². The van der Waals surface area contributed by atoms with Crippen molar-refractivity contribution in [3.63, 3.8) is 0 Å². The quantitative estimate of drug-likeness (QED) is 0.629. The van der Waals surface area contributed by atoms with E-state index in [1.165, 1.54) is 24.3 Å². The van der Waals surface area contributed by atoms with Gasteiger partial charge in [0.2, 0.25) is 0 Å². The predicted octanol–water partition coefficient (Wildman–Crippen LogP) is 2.15. The SMILES string of the molecule is CC[C@@H](C)N1CCN(C(=O)c2ccc([N+](=O)[O-])cc2)CC1. The van der Waals surface area contributed by atoms with Crippen molar-refractivity contribution < 1.29 is 9.72 Å². The molecule has 0 aromatic heterocycles. The highest BCUT2D eigenvalue weighted by Gasteiger charge is 2.24. The molecule has 0 bridgehead atoms. The van der Waals surface area contributed by atoms with Crippen LogP contribution in [0.3, 0.4) is 0 Å². The molecule has 0 saturated carbocycles. The molecular formula is C15H21N3O3. The highest BCUT2D eigenvalue weighted by Crippen LogP contribution is 2.15. The zero-order valence-electron chi connectivity index (χ0n) is 12.5. The fourth-order valence-electron chi connectivity index (χ4n) is 2.53. The molecule has 1 saturated heterocycles. The van der Waals surface area contributed by atoms with Crippen LogP contribution in [0.1, 0.15) is 30.6 Å². The number of amides is 1. The van der Waals surface area contributed by atoms with Gasteiger partial charge < -0.3 is 4.90 Å². The third-order valence-electron chi connectivity index (χ3n) is 4.14. The van der Waals surface area contributed by atoms with Crippen LogP contribution in [0.25, 0.3) is 0 Å². The molecule has 0 N–H and O–H groups in total. The van der Waals surface area contributed by atoms with Crippen LogP contribution >= 0.6 is 0 Å².